The minimum Gasteiger partial charge on any atom is -0.492 e. The third kappa shape index (κ3) is 4.59. The molecule has 1 aromatic rings. The largest absolute Gasteiger partial charge is 0.492 e. The van der Waals surface area contributed by atoms with E-state index in [1.165, 1.54) is 0 Å². The fourth-order valence-electron chi connectivity index (χ4n) is 1.40. The number of halogens is 1. The van der Waals surface area contributed by atoms with Crippen LogP contribution in [0.25, 0.3) is 0 Å². The molecule has 0 amide bonds. The van der Waals surface area contributed by atoms with Crippen LogP contribution in [0.3, 0.4) is 0 Å². The summed E-state index contributed by atoms with van der Waals surface area (Å²) in [6.07, 6.45) is -0.657. The first-order chi connectivity index (χ1) is 8.35. The Morgan fingerprint density at radius 3 is 2.67 bits per heavy atom. The first-order valence-corrected chi connectivity index (χ1v) is 8.28. The van der Waals surface area contributed by atoms with Gasteiger partial charge in [-0.3, -0.25) is 0 Å². The Kier molecular flexibility index (Phi) is 5.62. The summed E-state index contributed by atoms with van der Waals surface area (Å²) in [5.74, 6) is 0.596. The van der Waals surface area contributed by atoms with Crippen molar-refractivity contribution in [1.29, 1.82) is 0 Å². The molecule has 0 aliphatic heterocycles. The number of hydrogen-bond acceptors (Lipinski definition) is 4. The molecule has 1 rings (SSSR count). The Morgan fingerprint density at radius 1 is 1.44 bits per heavy atom. The predicted octanol–water partition coefficient (Wildman–Crippen LogP) is 2.32. The van der Waals surface area contributed by atoms with Gasteiger partial charge >= 0.3 is 0 Å². The van der Waals surface area contributed by atoms with E-state index in [1.807, 2.05) is 0 Å². The van der Waals surface area contributed by atoms with Crippen LogP contribution in [0.15, 0.2) is 22.7 Å². The van der Waals surface area contributed by atoms with Crippen molar-refractivity contribution in [2.24, 2.45) is 0 Å². The van der Waals surface area contributed by atoms with E-state index < -0.39 is 15.9 Å². The maximum Gasteiger partial charge on any atom is 0.153 e. The Bertz CT molecular complexity index is 497. The highest BCUT2D eigenvalue weighted by molar-refractivity contribution is 9.10. The van der Waals surface area contributed by atoms with Gasteiger partial charge in [0.25, 0.3) is 0 Å². The van der Waals surface area contributed by atoms with Gasteiger partial charge < -0.3 is 9.84 Å². The fraction of sp³-hybridized carbons (Fsp3) is 0.500. The van der Waals surface area contributed by atoms with Crippen molar-refractivity contribution in [3.63, 3.8) is 0 Å². The van der Waals surface area contributed by atoms with Crippen LogP contribution in [0.2, 0.25) is 0 Å². The van der Waals surface area contributed by atoms with Gasteiger partial charge in [-0.05, 0) is 19.1 Å². The molecule has 1 aromatic carbocycles. The van der Waals surface area contributed by atoms with Crippen molar-refractivity contribution in [2.45, 2.75) is 20.0 Å². The van der Waals surface area contributed by atoms with Gasteiger partial charge in [0.15, 0.2) is 9.84 Å². The third-order valence-corrected chi connectivity index (χ3v) is 4.68. The highest BCUT2D eigenvalue weighted by atomic mass is 79.9. The summed E-state index contributed by atoms with van der Waals surface area (Å²) in [6.45, 7) is 3.33. The second-order valence-corrected chi connectivity index (χ2v) is 7.33. The maximum absolute atomic E-state index is 11.3. The van der Waals surface area contributed by atoms with Crippen LogP contribution in [0.4, 0.5) is 0 Å². The molecule has 0 heterocycles. The molecule has 0 saturated heterocycles. The topological polar surface area (TPSA) is 63.6 Å². The summed E-state index contributed by atoms with van der Waals surface area (Å²) < 4.78 is 28.9. The van der Waals surface area contributed by atoms with E-state index in [9.17, 15) is 13.5 Å². The molecule has 102 valence electrons. The van der Waals surface area contributed by atoms with Gasteiger partial charge in [0.05, 0.1) is 11.9 Å². The lowest BCUT2D eigenvalue weighted by Gasteiger charge is -2.13. The SMILES string of the molecule is CCS(=O)(=O)CCOc1cc(Br)ccc1[C@H](C)O. The van der Waals surface area contributed by atoms with Crippen LogP contribution >= 0.6 is 15.9 Å². The molecule has 0 radical (unpaired) electrons. The normalized spacial score (nSPS) is 13.3. The van der Waals surface area contributed by atoms with Crippen molar-refractivity contribution in [3.8, 4) is 5.75 Å². The second kappa shape index (κ2) is 6.54. The quantitative estimate of drug-likeness (QED) is 0.865. The summed E-state index contributed by atoms with van der Waals surface area (Å²) in [5.41, 5.74) is 0.645. The van der Waals surface area contributed by atoms with E-state index in [1.54, 1.807) is 32.0 Å². The van der Waals surface area contributed by atoms with Crippen LogP contribution in [0, 0.1) is 0 Å². The van der Waals surface area contributed by atoms with E-state index in [0.29, 0.717) is 11.3 Å². The van der Waals surface area contributed by atoms with E-state index in [0.717, 1.165) is 4.47 Å². The lowest BCUT2D eigenvalue weighted by atomic mass is 10.1. The molecule has 18 heavy (non-hydrogen) atoms. The Balaban J connectivity index is 2.75. The Labute approximate surface area is 116 Å². The average molecular weight is 337 g/mol. The molecule has 0 unspecified atom stereocenters. The Morgan fingerprint density at radius 2 is 2.11 bits per heavy atom. The molecule has 0 aliphatic rings. The summed E-state index contributed by atoms with van der Waals surface area (Å²) in [7, 11) is -3.03. The summed E-state index contributed by atoms with van der Waals surface area (Å²) in [5, 5.41) is 9.59. The van der Waals surface area contributed by atoms with Gasteiger partial charge in [-0.2, -0.15) is 0 Å². The number of benzene rings is 1. The molecular formula is C12H17BrO4S. The van der Waals surface area contributed by atoms with Gasteiger partial charge in [0.2, 0.25) is 0 Å². The lowest BCUT2D eigenvalue weighted by molar-refractivity contribution is 0.192. The zero-order valence-electron chi connectivity index (χ0n) is 10.4. The molecule has 0 spiro atoms. The van der Waals surface area contributed by atoms with Crippen molar-refractivity contribution >= 4 is 25.8 Å². The summed E-state index contributed by atoms with van der Waals surface area (Å²) in [6, 6.07) is 5.27. The molecular weight excluding hydrogens is 320 g/mol. The van der Waals surface area contributed by atoms with Crippen molar-refractivity contribution in [1.82, 2.24) is 0 Å². The van der Waals surface area contributed by atoms with E-state index >= 15 is 0 Å². The van der Waals surface area contributed by atoms with Crippen LogP contribution in [-0.4, -0.2) is 31.6 Å². The van der Waals surface area contributed by atoms with Crippen LogP contribution in [0.5, 0.6) is 5.75 Å². The third-order valence-electron chi connectivity index (χ3n) is 2.52. The van der Waals surface area contributed by atoms with Crippen LogP contribution in [0.1, 0.15) is 25.5 Å². The zero-order chi connectivity index (χ0) is 13.8. The van der Waals surface area contributed by atoms with E-state index in [-0.39, 0.29) is 18.1 Å². The summed E-state index contributed by atoms with van der Waals surface area (Å²) >= 11 is 3.31. The minimum absolute atomic E-state index is 0.0186. The predicted molar refractivity (Wildman–Crippen MR) is 74.6 cm³/mol. The number of hydrogen-bond donors (Lipinski definition) is 1. The molecule has 0 aliphatic carbocycles. The average Bonchev–Trinajstić information content (AvgIpc) is 2.28. The number of rotatable bonds is 6. The van der Waals surface area contributed by atoms with Gasteiger partial charge in [-0.1, -0.05) is 28.9 Å². The number of aliphatic hydroxyl groups excluding tert-OH is 1. The monoisotopic (exact) mass is 336 g/mol. The van der Waals surface area contributed by atoms with Crippen molar-refractivity contribution in [2.75, 3.05) is 18.1 Å². The molecule has 0 bridgehead atoms. The Hall–Kier alpha value is -0.590. The maximum atomic E-state index is 11.3. The smallest absolute Gasteiger partial charge is 0.153 e. The highest BCUT2D eigenvalue weighted by Crippen LogP contribution is 2.28. The highest BCUT2D eigenvalue weighted by Gasteiger charge is 2.12. The van der Waals surface area contributed by atoms with E-state index in [2.05, 4.69) is 15.9 Å². The van der Waals surface area contributed by atoms with Gasteiger partial charge in [-0.15, -0.1) is 0 Å². The minimum atomic E-state index is -3.03. The van der Waals surface area contributed by atoms with Gasteiger partial charge in [0, 0.05) is 15.8 Å². The van der Waals surface area contributed by atoms with Crippen molar-refractivity contribution < 1.29 is 18.3 Å². The summed E-state index contributed by atoms with van der Waals surface area (Å²) in [4.78, 5) is 0. The van der Waals surface area contributed by atoms with Gasteiger partial charge in [0.1, 0.15) is 12.4 Å². The molecule has 0 aromatic heterocycles. The molecule has 0 fully saturated rings. The van der Waals surface area contributed by atoms with E-state index in [4.69, 9.17) is 4.74 Å². The van der Waals surface area contributed by atoms with Crippen molar-refractivity contribution in [3.05, 3.63) is 28.2 Å². The van der Waals surface area contributed by atoms with Crippen LogP contribution in [-0.2, 0) is 9.84 Å². The molecule has 4 nitrogen and oxygen atoms in total. The number of sulfone groups is 1. The second-order valence-electron chi connectivity index (χ2n) is 3.94. The lowest BCUT2D eigenvalue weighted by Crippen LogP contribution is -2.16. The standard InChI is InChI=1S/C12H17BrO4S/c1-3-18(15,16)7-6-17-12-8-10(13)4-5-11(12)9(2)14/h4-5,8-9,14H,3,6-7H2,1-2H3/t9-/m0/s1. The zero-order valence-corrected chi connectivity index (χ0v) is 12.8. The van der Waals surface area contributed by atoms with Crippen LogP contribution < -0.4 is 4.74 Å². The van der Waals surface area contributed by atoms with Gasteiger partial charge in [-0.25, -0.2) is 8.42 Å². The molecule has 1 N–H and O–H groups in total. The fourth-order valence-corrected chi connectivity index (χ4v) is 2.37. The first kappa shape index (κ1) is 15.5. The molecule has 1 atom stereocenters. The molecule has 6 heteroatoms. The molecule has 0 saturated carbocycles. The number of ether oxygens (including phenoxy) is 1. The number of aliphatic hydroxyl groups is 1. The first-order valence-electron chi connectivity index (χ1n) is 5.66.